The van der Waals surface area contributed by atoms with Crippen molar-refractivity contribution in [2.24, 2.45) is 5.92 Å². The van der Waals surface area contributed by atoms with E-state index in [4.69, 9.17) is 11.0 Å². The molecule has 0 radical (unpaired) electrons. The molecule has 0 aromatic carbocycles. The fraction of sp³-hybridized carbons (Fsp3) is 0.545. The van der Waals surface area contributed by atoms with Gasteiger partial charge in [-0.2, -0.15) is 10.4 Å². The lowest BCUT2D eigenvalue weighted by atomic mass is 10.2. The van der Waals surface area contributed by atoms with Gasteiger partial charge in [0.15, 0.2) is 5.69 Å². The number of rotatable bonds is 4. The molecule has 17 heavy (non-hydrogen) atoms. The van der Waals surface area contributed by atoms with Crippen molar-refractivity contribution >= 4 is 11.6 Å². The van der Waals surface area contributed by atoms with Gasteiger partial charge in [0, 0.05) is 13.6 Å². The second-order valence-electron chi connectivity index (χ2n) is 4.03. The molecule has 0 aliphatic heterocycles. The van der Waals surface area contributed by atoms with E-state index in [0.29, 0.717) is 18.7 Å². The number of nitrogens with zero attached hydrogens (tertiary/aromatic N) is 3. The van der Waals surface area contributed by atoms with Crippen LogP contribution in [0.1, 0.15) is 30.0 Å². The molecule has 0 spiro atoms. The van der Waals surface area contributed by atoms with E-state index in [9.17, 15) is 4.79 Å². The average Bonchev–Trinajstić information content (AvgIpc) is 2.69. The van der Waals surface area contributed by atoms with E-state index in [0.717, 1.165) is 5.69 Å². The van der Waals surface area contributed by atoms with E-state index in [-0.39, 0.29) is 17.5 Å². The lowest BCUT2D eigenvalue weighted by molar-refractivity contribution is 0.0780. The van der Waals surface area contributed by atoms with E-state index in [2.05, 4.69) is 16.3 Å². The van der Waals surface area contributed by atoms with Crippen molar-refractivity contribution in [3.63, 3.8) is 0 Å². The third-order valence-electron chi connectivity index (χ3n) is 2.55. The Balaban J connectivity index is 2.82. The predicted molar refractivity (Wildman–Crippen MR) is 64.1 cm³/mol. The summed E-state index contributed by atoms with van der Waals surface area (Å²) in [5, 5.41) is 15.4. The van der Waals surface area contributed by atoms with E-state index >= 15 is 0 Å². The number of carbonyl (C=O) groups is 1. The van der Waals surface area contributed by atoms with E-state index in [1.165, 1.54) is 4.90 Å². The van der Waals surface area contributed by atoms with Gasteiger partial charge in [-0.05, 0) is 13.3 Å². The molecule has 6 heteroatoms. The summed E-state index contributed by atoms with van der Waals surface area (Å²) < 4.78 is 0. The summed E-state index contributed by atoms with van der Waals surface area (Å²) in [6.07, 6.45) is 0.699. The number of anilines is 1. The second-order valence-corrected chi connectivity index (χ2v) is 4.03. The number of aromatic amines is 1. The van der Waals surface area contributed by atoms with Gasteiger partial charge < -0.3 is 10.6 Å². The Hall–Kier alpha value is -2.03. The number of nitrogen functional groups attached to an aromatic ring is 1. The minimum Gasteiger partial charge on any atom is -0.395 e. The minimum atomic E-state index is -0.263. The molecule has 1 aromatic rings. The van der Waals surface area contributed by atoms with Crippen molar-refractivity contribution in [1.82, 2.24) is 15.1 Å². The Morgan fingerprint density at radius 3 is 2.82 bits per heavy atom. The maximum absolute atomic E-state index is 12.0. The number of aryl methyl sites for hydroxylation is 1. The molecular formula is C11H17N5O. The SMILES string of the molecule is CCc1[nH]nc(C(=O)N(C)CC(C)C#N)c1N. The van der Waals surface area contributed by atoms with E-state index in [1.807, 2.05) is 6.92 Å². The van der Waals surface area contributed by atoms with Crippen LogP contribution in [-0.2, 0) is 6.42 Å². The lowest BCUT2D eigenvalue weighted by Gasteiger charge is -2.17. The van der Waals surface area contributed by atoms with Crippen LogP contribution < -0.4 is 5.73 Å². The Morgan fingerprint density at radius 2 is 2.35 bits per heavy atom. The van der Waals surface area contributed by atoms with Crippen molar-refractivity contribution in [3.8, 4) is 6.07 Å². The number of amides is 1. The highest BCUT2D eigenvalue weighted by molar-refractivity contribution is 5.97. The van der Waals surface area contributed by atoms with Gasteiger partial charge in [0.05, 0.1) is 23.4 Å². The summed E-state index contributed by atoms with van der Waals surface area (Å²) in [4.78, 5) is 13.5. The number of hydrogen-bond donors (Lipinski definition) is 2. The van der Waals surface area contributed by atoms with Crippen LogP contribution in [0.15, 0.2) is 0 Å². The van der Waals surface area contributed by atoms with Gasteiger partial charge >= 0.3 is 0 Å². The molecule has 92 valence electrons. The van der Waals surface area contributed by atoms with Crippen LogP contribution >= 0.6 is 0 Å². The van der Waals surface area contributed by atoms with Crippen LogP contribution in [0.2, 0.25) is 0 Å². The van der Waals surface area contributed by atoms with Gasteiger partial charge in [-0.1, -0.05) is 6.92 Å². The normalized spacial score (nSPS) is 11.9. The molecule has 1 amide bonds. The molecule has 0 fully saturated rings. The molecule has 0 saturated heterocycles. The minimum absolute atomic E-state index is 0.213. The molecule has 1 heterocycles. The molecule has 1 aromatic heterocycles. The summed E-state index contributed by atoms with van der Waals surface area (Å²) in [5.41, 5.74) is 7.20. The molecule has 3 N–H and O–H groups in total. The van der Waals surface area contributed by atoms with Crippen molar-refractivity contribution in [1.29, 1.82) is 5.26 Å². The predicted octanol–water partition coefficient (Wildman–Crippen LogP) is 0.786. The highest BCUT2D eigenvalue weighted by Gasteiger charge is 2.21. The van der Waals surface area contributed by atoms with Crippen LogP contribution in [0, 0.1) is 17.2 Å². The zero-order valence-corrected chi connectivity index (χ0v) is 10.3. The summed E-state index contributed by atoms with van der Waals surface area (Å²) in [7, 11) is 1.63. The zero-order valence-electron chi connectivity index (χ0n) is 10.3. The zero-order chi connectivity index (χ0) is 13.0. The molecule has 0 aliphatic carbocycles. The number of carbonyl (C=O) groups excluding carboxylic acids is 1. The fourth-order valence-electron chi connectivity index (χ4n) is 1.53. The van der Waals surface area contributed by atoms with Crippen LogP contribution in [0.25, 0.3) is 0 Å². The number of nitriles is 1. The summed E-state index contributed by atoms with van der Waals surface area (Å²) in [6, 6.07) is 2.08. The first-order valence-corrected chi connectivity index (χ1v) is 5.49. The van der Waals surface area contributed by atoms with Crippen LogP contribution in [0.4, 0.5) is 5.69 Å². The monoisotopic (exact) mass is 235 g/mol. The Bertz CT molecular complexity index is 445. The molecular weight excluding hydrogens is 218 g/mol. The standard InChI is InChI=1S/C11H17N5O/c1-4-8-9(13)10(15-14-8)11(17)16(3)6-7(2)5-12/h7H,4,6,13H2,1-3H3,(H,14,15). The summed E-state index contributed by atoms with van der Waals surface area (Å²) in [6.45, 7) is 4.05. The van der Waals surface area contributed by atoms with Crippen molar-refractivity contribution < 1.29 is 4.79 Å². The topological polar surface area (TPSA) is 98.8 Å². The van der Waals surface area contributed by atoms with Crippen LogP contribution in [0.3, 0.4) is 0 Å². The summed E-state index contributed by atoms with van der Waals surface area (Å²) >= 11 is 0. The lowest BCUT2D eigenvalue weighted by Crippen LogP contribution is -2.31. The van der Waals surface area contributed by atoms with Gasteiger partial charge in [-0.3, -0.25) is 9.89 Å². The Labute approximate surface area is 100 Å². The molecule has 0 aliphatic rings. The van der Waals surface area contributed by atoms with Crippen LogP contribution in [-0.4, -0.2) is 34.6 Å². The Morgan fingerprint density at radius 1 is 1.71 bits per heavy atom. The number of H-pyrrole nitrogens is 1. The maximum atomic E-state index is 12.0. The van der Waals surface area contributed by atoms with Gasteiger partial charge in [0.1, 0.15) is 0 Å². The Kier molecular flexibility index (Phi) is 4.10. The van der Waals surface area contributed by atoms with Gasteiger partial charge in [-0.15, -0.1) is 0 Å². The van der Waals surface area contributed by atoms with Gasteiger partial charge in [-0.25, -0.2) is 0 Å². The highest BCUT2D eigenvalue weighted by Crippen LogP contribution is 2.16. The van der Waals surface area contributed by atoms with Gasteiger partial charge in [0.2, 0.25) is 0 Å². The first kappa shape index (κ1) is 13.0. The van der Waals surface area contributed by atoms with Crippen molar-refractivity contribution in [2.45, 2.75) is 20.3 Å². The highest BCUT2D eigenvalue weighted by atomic mass is 16.2. The first-order chi connectivity index (χ1) is 8.01. The largest absolute Gasteiger partial charge is 0.395 e. The summed E-state index contributed by atoms with van der Waals surface area (Å²) in [5.74, 6) is -0.477. The third-order valence-corrected chi connectivity index (χ3v) is 2.55. The molecule has 1 atom stereocenters. The molecule has 1 unspecified atom stereocenters. The molecule has 1 rings (SSSR count). The van der Waals surface area contributed by atoms with Crippen molar-refractivity contribution in [2.75, 3.05) is 19.3 Å². The first-order valence-electron chi connectivity index (χ1n) is 5.49. The maximum Gasteiger partial charge on any atom is 0.276 e. The van der Waals surface area contributed by atoms with Crippen molar-refractivity contribution in [3.05, 3.63) is 11.4 Å². The van der Waals surface area contributed by atoms with E-state index < -0.39 is 0 Å². The van der Waals surface area contributed by atoms with E-state index in [1.54, 1.807) is 14.0 Å². The number of hydrogen-bond acceptors (Lipinski definition) is 4. The molecule has 6 nitrogen and oxygen atoms in total. The second kappa shape index (κ2) is 5.34. The average molecular weight is 235 g/mol. The fourth-order valence-corrected chi connectivity index (χ4v) is 1.53. The van der Waals surface area contributed by atoms with Gasteiger partial charge in [0.25, 0.3) is 5.91 Å². The molecule has 0 bridgehead atoms. The quantitative estimate of drug-likeness (QED) is 0.805. The molecule has 0 saturated carbocycles. The number of nitrogens with two attached hydrogens (primary N) is 1. The third kappa shape index (κ3) is 2.75. The number of aromatic nitrogens is 2. The smallest absolute Gasteiger partial charge is 0.276 e. The van der Waals surface area contributed by atoms with Crippen LogP contribution in [0.5, 0.6) is 0 Å². The number of nitrogens with one attached hydrogen (secondary N) is 1.